The summed E-state index contributed by atoms with van der Waals surface area (Å²) in [7, 11) is 0. The van der Waals surface area contributed by atoms with Gasteiger partial charge in [0.2, 0.25) is 0 Å². The minimum absolute atomic E-state index is 0.143. The van der Waals surface area contributed by atoms with E-state index in [2.05, 4.69) is 10.9 Å². The van der Waals surface area contributed by atoms with Gasteiger partial charge in [-0.2, -0.15) is 0 Å². The molecule has 0 radical (unpaired) electrons. The van der Waals surface area contributed by atoms with Crippen molar-refractivity contribution >= 4 is 12.4 Å². The summed E-state index contributed by atoms with van der Waals surface area (Å²) in [6.45, 7) is 0.403. The minimum Gasteiger partial charge on any atom is -0.399 e. The quantitative estimate of drug-likeness (QED) is 0.634. The smallest absolute Gasteiger partial charge is 0.267 e. The third kappa shape index (κ3) is 4.45. The highest BCUT2D eigenvalue weighted by atomic mass is 19.3. The van der Waals surface area contributed by atoms with E-state index in [1.165, 1.54) is 37.1 Å². The maximum Gasteiger partial charge on any atom is 0.267 e. The number of halogens is 3. The second kappa shape index (κ2) is 8.30. The van der Waals surface area contributed by atoms with Gasteiger partial charge in [-0.05, 0) is 29.8 Å². The third-order valence-electron chi connectivity index (χ3n) is 3.86. The van der Waals surface area contributed by atoms with Crippen LogP contribution in [0.4, 0.5) is 19.0 Å². The van der Waals surface area contributed by atoms with Gasteiger partial charge in [0.25, 0.3) is 6.71 Å². The van der Waals surface area contributed by atoms with Crippen molar-refractivity contribution in [2.75, 3.05) is 5.73 Å². The molecule has 2 N–H and O–H groups in total. The lowest BCUT2D eigenvalue weighted by atomic mass is 9.50. The van der Waals surface area contributed by atoms with Crippen LogP contribution < -0.4 is 10.7 Å². The van der Waals surface area contributed by atoms with Crippen LogP contribution in [0, 0.1) is 22.9 Å². The van der Waals surface area contributed by atoms with E-state index in [0.29, 0.717) is 23.5 Å². The van der Waals surface area contributed by atoms with Crippen molar-refractivity contribution in [3.63, 3.8) is 0 Å². The summed E-state index contributed by atoms with van der Waals surface area (Å²) in [5, 5.41) is 8.32. The van der Waals surface area contributed by atoms with Crippen molar-refractivity contribution in [3.8, 4) is 22.8 Å². The van der Waals surface area contributed by atoms with Gasteiger partial charge in [0, 0.05) is 27.8 Å². The Morgan fingerprint density at radius 3 is 2.29 bits per heavy atom. The maximum atomic E-state index is 13.0. The molecule has 1 fully saturated rings. The van der Waals surface area contributed by atoms with E-state index in [-0.39, 0.29) is 5.75 Å². The summed E-state index contributed by atoms with van der Waals surface area (Å²) < 4.78 is 38.1. The van der Waals surface area contributed by atoms with Crippen molar-refractivity contribution in [1.29, 1.82) is 5.26 Å². The van der Waals surface area contributed by atoms with E-state index in [1.807, 2.05) is 0 Å². The second-order valence-corrected chi connectivity index (χ2v) is 5.57. The first-order valence-corrected chi connectivity index (χ1v) is 7.58. The summed E-state index contributed by atoms with van der Waals surface area (Å²) >= 11 is 0. The highest BCUT2D eigenvalue weighted by Crippen LogP contribution is 2.32. The van der Waals surface area contributed by atoms with E-state index in [4.69, 9.17) is 11.0 Å². The van der Waals surface area contributed by atoms with Gasteiger partial charge in [-0.25, -0.2) is 14.0 Å². The molecule has 2 aromatic carbocycles. The Morgan fingerprint density at radius 2 is 1.75 bits per heavy atom. The zero-order valence-electron chi connectivity index (χ0n) is 12.9. The fourth-order valence-electron chi connectivity index (χ4n) is 2.56. The van der Waals surface area contributed by atoms with Gasteiger partial charge < -0.3 is 5.73 Å². The number of nitrogens with zero attached hydrogens (tertiary/aromatic N) is 1. The standard InChI is InChI=1S/C12H8F3NO.C5H8BN/c13-10-4-1-7(5-11(10)14)9-3-2-8(16)6-12(9)17-15;7-5-6-3-1-2-4-6/h1-6H,16H2;1-4H2. The number of nitrogen functional groups attached to an aromatic ring is 1. The molecule has 124 valence electrons. The number of nitriles is 1. The zero-order chi connectivity index (χ0) is 17.5. The zero-order valence-corrected chi connectivity index (χ0v) is 12.9. The second-order valence-electron chi connectivity index (χ2n) is 5.57. The molecule has 1 heterocycles. The first-order chi connectivity index (χ1) is 11.5. The van der Waals surface area contributed by atoms with Crippen molar-refractivity contribution < 1.29 is 18.2 Å². The van der Waals surface area contributed by atoms with Gasteiger partial charge in [-0.15, -0.1) is 0 Å². The molecule has 3 nitrogen and oxygen atoms in total. The molecule has 0 unspecified atom stereocenters. The van der Waals surface area contributed by atoms with Crippen LogP contribution in [0.2, 0.25) is 12.6 Å². The van der Waals surface area contributed by atoms with Gasteiger partial charge in [0.05, 0.1) is 0 Å². The highest BCUT2D eigenvalue weighted by molar-refractivity contribution is 6.67. The molecular weight excluding hydrogens is 316 g/mol. The Labute approximate surface area is 138 Å². The Hall–Kier alpha value is -2.62. The molecule has 0 saturated carbocycles. The molecule has 1 aliphatic rings. The van der Waals surface area contributed by atoms with Crippen LogP contribution in [0.15, 0.2) is 36.4 Å². The number of benzene rings is 2. The topological polar surface area (TPSA) is 59.0 Å². The molecule has 0 bridgehead atoms. The SMILES string of the molecule is N#CB1CCCC1.Nc1ccc(-c2ccc(F)c(F)c2)c(OF)c1. The Kier molecular flexibility index (Phi) is 6.13. The minimum atomic E-state index is -1.01. The van der Waals surface area contributed by atoms with Gasteiger partial charge in [0.15, 0.2) is 17.4 Å². The monoisotopic (exact) mass is 332 g/mol. The molecule has 0 aromatic heterocycles. The van der Waals surface area contributed by atoms with E-state index in [1.54, 1.807) is 0 Å². The van der Waals surface area contributed by atoms with Gasteiger partial charge in [-0.1, -0.05) is 31.5 Å². The lowest BCUT2D eigenvalue weighted by molar-refractivity contribution is -0.00538. The fourth-order valence-corrected chi connectivity index (χ4v) is 2.56. The van der Waals surface area contributed by atoms with Crippen LogP contribution in [0.1, 0.15) is 12.8 Å². The number of hydrogen-bond acceptors (Lipinski definition) is 3. The molecule has 0 spiro atoms. The molecule has 0 aliphatic carbocycles. The first kappa shape index (κ1) is 17.7. The van der Waals surface area contributed by atoms with Crippen molar-refractivity contribution in [3.05, 3.63) is 48.0 Å². The van der Waals surface area contributed by atoms with Crippen LogP contribution in [-0.2, 0) is 0 Å². The third-order valence-corrected chi connectivity index (χ3v) is 3.86. The number of anilines is 1. The molecule has 0 atom stereocenters. The summed E-state index contributed by atoms with van der Waals surface area (Å²) in [5.41, 5.74) is 6.36. The van der Waals surface area contributed by atoms with Gasteiger partial charge >= 0.3 is 0 Å². The Balaban J connectivity index is 0.000000249. The molecule has 1 aliphatic heterocycles. The van der Waals surface area contributed by atoms with Crippen LogP contribution in [0.25, 0.3) is 11.1 Å². The summed E-state index contributed by atoms with van der Waals surface area (Å²) in [6, 6.07) is 7.49. The predicted molar refractivity (Wildman–Crippen MR) is 88.2 cm³/mol. The first-order valence-electron chi connectivity index (χ1n) is 7.58. The Bertz CT molecular complexity index is 743. The normalized spacial score (nSPS) is 13.0. The lowest BCUT2D eigenvalue weighted by Gasteiger charge is -2.06. The fraction of sp³-hybridized carbons (Fsp3) is 0.235. The van der Waals surface area contributed by atoms with E-state index in [0.717, 1.165) is 24.8 Å². The molecule has 3 rings (SSSR count). The number of nitrogens with two attached hydrogens (primary N) is 1. The van der Waals surface area contributed by atoms with Crippen LogP contribution in [0.3, 0.4) is 0 Å². The lowest BCUT2D eigenvalue weighted by Crippen LogP contribution is -1.99. The summed E-state index contributed by atoms with van der Waals surface area (Å²) in [4.78, 5) is 3.65. The number of hydrogen-bond donors (Lipinski definition) is 1. The molecule has 0 amide bonds. The highest BCUT2D eigenvalue weighted by Gasteiger charge is 2.17. The van der Waals surface area contributed by atoms with Crippen molar-refractivity contribution in [2.24, 2.45) is 0 Å². The predicted octanol–water partition coefficient (Wildman–Crippen LogP) is 4.82. The van der Waals surface area contributed by atoms with Gasteiger partial charge in [0.1, 0.15) is 0 Å². The van der Waals surface area contributed by atoms with Crippen LogP contribution in [0.5, 0.6) is 5.75 Å². The summed E-state index contributed by atoms with van der Waals surface area (Å²) in [6.07, 6.45) is 4.85. The van der Waals surface area contributed by atoms with Gasteiger partial charge in [-0.3, -0.25) is 4.94 Å². The van der Waals surface area contributed by atoms with Crippen molar-refractivity contribution in [1.82, 2.24) is 0 Å². The molecule has 24 heavy (non-hydrogen) atoms. The molecular formula is C17H16BF3N2O. The average Bonchev–Trinajstić information content (AvgIpc) is 3.11. The van der Waals surface area contributed by atoms with Crippen LogP contribution in [-0.4, -0.2) is 6.71 Å². The number of rotatable bonds is 2. The van der Waals surface area contributed by atoms with E-state index >= 15 is 0 Å². The average molecular weight is 332 g/mol. The van der Waals surface area contributed by atoms with E-state index in [9.17, 15) is 13.3 Å². The molecule has 7 heteroatoms. The molecule has 1 saturated heterocycles. The van der Waals surface area contributed by atoms with E-state index < -0.39 is 11.6 Å². The Morgan fingerprint density at radius 1 is 1.04 bits per heavy atom. The van der Waals surface area contributed by atoms with Crippen LogP contribution >= 0.6 is 0 Å². The molecule has 2 aromatic rings. The largest absolute Gasteiger partial charge is 0.399 e. The van der Waals surface area contributed by atoms with Crippen molar-refractivity contribution in [2.45, 2.75) is 25.5 Å². The summed E-state index contributed by atoms with van der Waals surface area (Å²) in [5.74, 6) is 0.145. The maximum absolute atomic E-state index is 13.0.